The number of likely N-dealkylation sites (tertiary alicyclic amines) is 1. The van der Waals surface area contributed by atoms with Crippen LogP contribution in [0.2, 0.25) is 0 Å². The smallest absolute Gasteiger partial charge is 0.273 e. The minimum Gasteiger partial charge on any atom is -0.396 e. The first-order chi connectivity index (χ1) is 11.8. The normalized spacial score (nSPS) is 21.0. The number of aliphatic hydroxyl groups is 1. The fourth-order valence-electron chi connectivity index (χ4n) is 3.89. The van der Waals surface area contributed by atoms with Crippen molar-refractivity contribution in [3.8, 4) is 0 Å². The lowest BCUT2D eigenvalue weighted by Crippen LogP contribution is -2.42. The summed E-state index contributed by atoms with van der Waals surface area (Å²) in [5.41, 5.74) is 0.364. The number of carbonyl (C=O) groups is 1. The SMILES string of the molecule is O=C(NCCCO)c1cn(C2CCN(C3CCCCC3)CC2)nn1. The molecule has 0 bridgehead atoms. The van der Waals surface area contributed by atoms with Gasteiger partial charge in [-0.3, -0.25) is 4.79 Å². The third-order valence-corrected chi connectivity index (χ3v) is 5.33. The molecule has 7 heteroatoms. The van der Waals surface area contributed by atoms with Crippen LogP contribution in [-0.4, -0.2) is 63.2 Å². The van der Waals surface area contributed by atoms with E-state index in [1.165, 1.54) is 32.1 Å². The molecular weight excluding hydrogens is 306 g/mol. The van der Waals surface area contributed by atoms with Gasteiger partial charge in [-0.05, 0) is 32.1 Å². The summed E-state index contributed by atoms with van der Waals surface area (Å²) in [6.45, 7) is 2.77. The number of nitrogens with one attached hydrogen (secondary N) is 1. The van der Waals surface area contributed by atoms with Crippen LogP contribution in [0.5, 0.6) is 0 Å². The number of aromatic nitrogens is 3. The first kappa shape index (κ1) is 17.4. The van der Waals surface area contributed by atoms with Gasteiger partial charge >= 0.3 is 0 Å². The van der Waals surface area contributed by atoms with Gasteiger partial charge in [0.1, 0.15) is 0 Å². The molecule has 134 valence electrons. The predicted molar refractivity (Wildman–Crippen MR) is 90.8 cm³/mol. The van der Waals surface area contributed by atoms with Crippen LogP contribution < -0.4 is 5.32 Å². The molecule has 2 fully saturated rings. The number of aliphatic hydroxyl groups excluding tert-OH is 1. The highest BCUT2D eigenvalue weighted by Gasteiger charge is 2.27. The van der Waals surface area contributed by atoms with Crippen LogP contribution in [0, 0.1) is 0 Å². The van der Waals surface area contributed by atoms with E-state index < -0.39 is 0 Å². The fourth-order valence-corrected chi connectivity index (χ4v) is 3.89. The Morgan fingerprint density at radius 1 is 1.17 bits per heavy atom. The Labute approximate surface area is 143 Å². The minimum absolute atomic E-state index is 0.0759. The fraction of sp³-hybridized carbons (Fsp3) is 0.824. The molecule has 2 N–H and O–H groups in total. The van der Waals surface area contributed by atoms with Crippen LogP contribution in [0.15, 0.2) is 6.20 Å². The van der Waals surface area contributed by atoms with Crippen LogP contribution in [-0.2, 0) is 0 Å². The number of hydrogen-bond acceptors (Lipinski definition) is 5. The zero-order valence-corrected chi connectivity index (χ0v) is 14.4. The highest BCUT2D eigenvalue weighted by Crippen LogP contribution is 2.28. The summed E-state index contributed by atoms with van der Waals surface area (Å²) in [6.07, 6.45) is 11.3. The third kappa shape index (κ3) is 4.33. The second kappa shape index (κ2) is 8.58. The Bertz CT molecular complexity index is 519. The standard InChI is InChI=1S/C17H29N5O2/c23-12-4-9-18-17(24)16-13-22(20-19-16)15-7-10-21(11-8-15)14-5-2-1-3-6-14/h13-15,23H,1-12H2,(H,18,24). The average molecular weight is 335 g/mol. The van der Waals surface area contributed by atoms with Crippen molar-refractivity contribution < 1.29 is 9.90 Å². The number of nitrogens with zero attached hydrogens (tertiary/aromatic N) is 4. The molecule has 1 aliphatic carbocycles. The molecule has 0 unspecified atom stereocenters. The monoisotopic (exact) mass is 335 g/mol. The van der Waals surface area contributed by atoms with E-state index in [1.807, 2.05) is 4.68 Å². The Kier molecular flexibility index (Phi) is 6.20. The molecule has 0 radical (unpaired) electrons. The molecule has 1 amide bonds. The zero-order chi connectivity index (χ0) is 16.8. The van der Waals surface area contributed by atoms with Crippen LogP contribution in [0.3, 0.4) is 0 Å². The van der Waals surface area contributed by atoms with Crippen LogP contribution >= 0.6 is 0 Å². The highest BCUT2D eigenvalue weighted by molar-refractivity contribution is 5.91. The van der Waals surface area contributed by atoms with Gasteiger partial charge in [-0.15, -0.1) is 5.10 Å². The molecule has 24 heavy (non-hydrogen) atoms. The van der Waals surface area contributed by atoms with Crippen molar-refractivity contribution in [1.82, 2.24) is 25.2 Å². The second-order valence-electron chi connectivity index (χ2n) is 6.98. The van der Waals surface area contributed by atoms with Crippen LogP contribution in [0.1, 0.15) is 67.9 Å². The molecule has 0 spiro atoms. The van der Waals surface area contributed by atoms with Crippen molar-refractivity contribution in [2.24, 2.45) is 0 Å². The molecule has 1 saturated heterocycles. The highest BCUT2D eigenvalue weighted by atomic mass is 16.3. The van der Waals surface area contributed by atoms with Gasteiger partial charge in [0.2, 0.25) is 0 Å². The van der Waals surface area contributed by atoms with Gasteiger partial charge in [0, 0.05) is 32.3 Å². The molecule has 2 aliphatic rings. The Morgan fingerprint density at radius 3 is 2.62 bits per heavy atom. The maximum Gasteiger partial charge on any atom is 0.273 e. The van der Waals surface area contributed by atoms with E-state index in [4.69, 9.17) is 5.11 Å². The van der Waals surface area contributed by atoms with Gasteiger partial charge in [0.25, 0.3) is 5.91 Å². The molecule has 3 rings (SSSR count). The summed E-state index contributed by atoms with van der Waals surface area (Å²) in [7, 11) is 0. The van der Waals surface area contributed by atoms with Crippen LogP contribution in [0.4, 0.5) is 0 Å². The number of hydrogen-bond donors (Lipinski definition) is 2. The number of rotatable bonds is 6. The lowest BCUT2D eigenvalue weighted by molar-refractivity contribution is 0.0946. The van der Waals surface area contributed by atoms with E-state index in [-0.39, 0.29) is 12.5 Å². The maximum atomic E-state index is 12.0. The number of piperidine rings is 1. The summed E-state index contributed by atoms with van der Waals surface area (Å²) < 4.78 is 1.86. The average Bonchev–Trinajstić information content (AvgIpc) is 3.13. The van der Waals surface area contributed by atoms with Gasteiger partial charge < -0.3 is 15.3 Å². The summed E-state index contributed by atoms with van der Waals surface area (Å²) in [4.78, 5) is 14.6. The van der Waals surface area contributed by atoms with Gasteiger partial charge in [0.05, 0.1) is 12.2 Å². The summed E-state index contributed by atoms with van der Waals surface area (Å²) >= 11 is 0. The van der Waals surface area contributed by atoms with E-state index in [0.29, 0.717) is 24.7 Å². The quantitative estimate of drug-likeness (QED) is 0.767. The molecule has 0 aromatic carbocycles. The number of carbonyl (C=O) groups excluding carboxylic acids is 1. The van der Waals surface area contributed by atoms with Crippen molar-refractivity contribution in [2.45, 2.75) is 63.5 Å². The zero-order valence-electron chi connectivity index (χ0n) is 14.4. The lowest BCUT2D eigenvalue weighted by atomic mass is 9.92. The van der Waals surface area contributed by atoms with E-state index in [2.05, 4.69) is 20.5 Å². The van der Waals surface area contributed by atoms with Gasteiger partial charge in [-0.25, -0.2) is 4.68 Å². The molecule has 1 saturated carbocycles. The Morgan fingerprint density at radius 2 is 1.92 bits per heavy atom. The minimum atomic E-state index is -0.214. The van der Waals surface area contributed by atoms with E-state index in [1.54, 1.807) is 6.20 Å². The van der Waals surface area contributed by atoms with Crippen molar-refractivity contribution in [3.05, 3.63) is 11.9 Å². The molecule has 7 nitrogen and oxygen atoms in total. The summed E-state index contributed by atoms with van der Waals surface area (Å²) in [5, 5.41) is 19.7. The molecule has 0 atom stereocenters. The maximum absolute atomic E-state index is 12.0. The van der Waals surface area contributed by atoms with Crippen molar-refractivity contribution >= 4 is 5.91 Å². The molecule has 1 aromatic heterocycles. The van der Waals surface area contributed by atoms with Gasteiger partial charge in [-0.2, -0.15) is 0 Å². The largest absolute Gasteiger partial charge is 0.396 e. The van der Waals surface area contributed by atoms with E-state index >= 15 is 0 Å². The number of amides is 1. The Balaban J connectivity index is 1.48. The van der Waals surface area contributed by atoms with Crippen molar-refractivity contribution in [1.29, 1.82) is 0 Å². The van der Waals surface area contributed by atoms with Crippen molar-refractivity contribution in [2.75, 3.05) is 26.2 Å². The summed E-state index contributed by atoms with van der Waals surface area (Å²) in [5.74, 6) is -0.214. The van der Waals surface area contributed by atoms with Gasteiger partial charge in [0.15, 0.2) is 5.69 Å². The molecule has 1 aromatic rings. The lowest BCUT2D eigenvalue weighted by Gasteiger charge is -2.39. The summed E-state index contributed by atoms with van der Waals surface area (Å²) in [6, 6.07) is 1.12. The molecular formula is C17H29N5O2. The molecule has 2 heterocycles. The van der Waals surface area contributed by atoms with Crippen molar-refractivity contribution in [3.63, 3.8) is 0 Å². The second-order valence-corrected chi connectivity index (χ2v) is 6.98. The first-order valence-corrected chi connectivity index (χ1v) is 9.33. The first-order valence-electron chi connectivity index (χ1n) is 9.33. The van der Waals surface area contributed by atoms with E-state index in [0.717, 1.165) is 32.0 Å². The predicted octanol–water partition coefficient (Wildman–Crippen LogP) is 1.36. The van der Waals surface area contributed by atoms with E-state index in [9.17, 15) is 4.79 Å². The van der Waals surface area contributed by atoms with Crippen LogP contribution in [0.25, 0.3) is 0 Å². The topological polar surface area (TPSA) is 83.3 Å². The van der Waals surface area contributed by atoms with Gasteiger partial charge in [-0.1, -0.05) is 24.5 Å². The third-order valence-electron chi connectivity index (χ3n) is 5.33. The Hall–Kier alpha value is -1.47. The molecule has 1 aliphatic heterocycles.